The average molecular weight is 125 g/mol. The number of rotatable bonds is 1. The van der Waals surface area contributed by atoms with Gasteiger partial charge in [0.1, 0.15) is 0 Å². The molecule has 1 unspecified atom stereocenters. The third kappa shape index (κ3) is 1.56. The summed E-state index contributed by atoms with van der Waals surface area (Å²) in [4.78, 5) is 4.18. The van der Waals surface area contributed by atoms with Crippen LogP contribution in [-0.2, 0) is 4.74 Å². The van der Waals surface area contributed by atoms with Gasteiger partial charge in [0, 0.05) is 6.42 Å². The van der Waals surface area contributed by atoms with E-state index in [9.17, 15) is 0 Å². The number of hydrogen-bond donors (Lipinski definition) is 0. The Labute approximate surface area is 55.2 Å². The normalized spacial score (nSPS) is 26.3. The van der Waals surface area contributed by atoms with Crippen molar-refractivity contribution >= 4 is 5.90 Å². The van der Waals surface area contributed by atoms with Gasteiger partial charge < -0.3 is 4.74 Å². The molecule has 2 nitrogen and oxygen atoms in total. The van der Waals surface area contributed by atoms with Crippen molar-refractivity contribution in [2.24, 2.45) is 4.99 Å². The molecule has 0 aliphatic carbocycles. The minimum Gasteiger partial charge on any atom is -0.478 e. The summed E-state index contributed by atoms with van der Waals surface area (Å²) in [5.74, 6) is 0.689. The first-order chi connectivity index (χ1) is 4.33. The van der Waals surface area contributed by atoms with Crippen molar-refractivity contribution in [2.45, 2.75) is 19.4 Å². The second kappa shape index (κ2) is 2.67. The summed E-state index contributed by atoms with van der Waals surface area (Å²) in [6, 6.07) is 0.409. The lowest BCUT2D eigenvalue weighted by atomic mass is 10.2. The van der Waals surface area contributed by atoms with E-state index in [4.69, 9.17) is 4.74 Å². The Morgan fingerprint density at radius 3 is 3.11 bits per heavy atom. The van der Waals surface area contributed by atoms with E-state index in [1.54, 1.807) is 6.08 Å². The highest BCUT2D eigenvalue weighted by Crippen LogP contribution is 2.05. The monoisotopic (exact) mass is 125 g/mol. The van der Waals surface area contributed by atoms with E-state index in [1.165, 1.54) is 0 Å². The second-order valence-corrected chi connectivity index (χ2v) is 2.16. The zero-order valence-corrected chi connectivity index (χ0v) is 5.63. The molecule has 0 radical (unpaired) electrons. The SMILES string of the molecule is C=CC1=NC(C)CCO1. The molecule has 0 N–H and O–H groups in total. The predicted octanol–water partition coefficient (Wildman–Crippen LogP) is 1.38. The molecule has 0 saturated carbocycles. The minimum atomic E-state index is 0.409. The number of ether oxygens (including phenoxy) is 1. The average Bonchev–Trinajstić information content (AvgIpc) is 1.88. The Balaban J connectivity index is 2.59. The fourth-order valence-corrected chi connectivity index (χ4v) is 0.765. The molecule has 50 valence electrons. The Morgan fingerprint density at radius 1 is 1.89 bits per heavy atom. The van der Waals surface area contributed by atoms with Crippen LogP contribution in [0.1, 0.15) is 13.3 Å². The molecular formula is C7H11NO. The predicted molar refractivity (Wildman–Crippen MR) is 37.7 cm³/mol. The van der Waals surface area contributed by atoms with Gasteiger partial charge in [-0.05, 0) is 13.0 Å². The summed E-state index contributed by atoms with van der Waals surface area (Å²) < 4.78 is 5.13. The van der Waals surface area contributed by atoms with Crippen LogP contribution >= 0.6 is 0 Å². The molecule has 1 aliphatic heterocycles. The molecule has 1 heterocycles. The third-order valence-corrected chi connectivity index (χ3v) is 1.31. The van der Waals surface area contributed by atoms with Crippen molar-refractivity contribution in [1.29, 1.82) is 0 Å². The summed E-state index contributed by atoms with van der Waals surface area (Å²) >= 11 is 0. The van der Waals surface area contributed by atoms with Crippen LogP contribution in [0.2, 0.25) is 0 Å². The van der Waals surface area contributed by atoms with Crippen LogP contribution in [0.5, 0.6) is 0 Å². The van der Waals surface area contributed by atoms with Crippen LogP contribution in [0.3, 0.4) is 0 Å². The van der Waals surface area contributed by atoms with Crippen molar-refractivity contribution in [2.75, 3.05) is 6.61 Å². The van der Waals surface area contributed by atoms with Crippen molar-refractivity contribution in [3.8, 4) is 0 Å². The van der Waals surface area contributed by atoms with E-state index in [1.807, 2.05) is 0 Å². The molecular weight excluding hydrogens is 114 g/mol. The number of hydrogen-bond acceptors (Lipinski definition) is 2. The molecule has 2 heteroatoms. The lowest BCUT2D eigenvalue weighted by Crippen LogP contribution is -2.16. The Bertz CT molecular complexity index is 140. The summed E-state index contributed by atoms with van der Waals surface area (Å²) in [6.07, 6.45) is 2.67. The lowest BCUT2D eigenvalue weighted by Gasteiger charge is -2.15. The molecule has 0 bridgehead atoms. The van der Waals surface area contributed by atoms with Crippen molar-refractivity contribution < 1.29 is 4.74 Å². The van der Waals surface area contributed by atoms with Gasteiger partial charge in [0.2, 0.25) is 5.90 Å². The molecule has 1 aliphatic rings. The van der Waals surface area contributed by atoms with Gasteiger partial charge in [-0.2, -0.15) is 0 Å². The van der Waals surface area contributed by atoms with Crippen LogP contribution in [0.4, 0.5) is 0 Å². The molecule has 0 saturated heterocycles. The first-order valence-electron chi connectivity index (χ1n) is 3.16. The second-order valence-electron chi connectivity index (χ2n) is 2.16. The van der Waals surface area contributed by atoms with Gasteiger partial charge in [0.25, 0.3) is 0 Å². The summed E-state index contributed by atoms with van der Waals surface area (Å²) in [5, 5.41) is 0. The van der Waals surface area contributed by atoms with Gasteiger partial charge in [0.05, 0.1) is 12.6 Å². The molecule has 0 aromatic carbocycles. The highest BCUT2D eigenvalue weighted by molar-refractivity contribution is 5.87. The van der Waals surface area contributed by atoms with Crippen molar-refractivity contribution in [1.82, 2.24) is 0 Å². The fraction of sp³-hybridized carbons (Fsp3) is 0.571. The molecule has 0 aromatic rings. The van der Waals surface area contributed by atoms with Crippen molar-refractivity contribution in [3.63, 3.8) is 0 Å². The smallest absolute Gasteiger partial charge is 0.208 e. The maximum Gasteiger partial charge on any atom is 0.208 e. The minimum absolute atomic E-state index is 0.409. The zero-order chi connectivity index (χ0) is 6.69. The number of nitrogens with zero attached hydrogens (tertiary/aromatic N) is 1. The quantitative estimate of drug-likeness (QED) is 0.518. The first kappa shape index (κ1) is 6.33. The van der Waals surface area contributed by atoms with E-state index in [-0.39, 0.29) is 0 Å². The maximum absolute atomic E-state index is 5.13. The zero-order valence-electron chi connectivity index (χ0n) is 5.63. The summed E-state index contributed by atoms with van der Waals surface area (Å²) in [7, 11) is 0. The molecule has 0 aromatic heterocycles. The first-order valence-corrected chi connectivity index (χ1v) is 3.16. The standard InChI is InChI=1S/C7H11NO/c1-3-7-8-6(2)4-5-9-7/h3,6H,1,4-5H2,2H3. The molecule has 1 rings (SSSR count). The van der Waals surface area contributed by atoms with Crippen LogP contribution in [0.25, 0.3) is 0 Å². The van der Waals surface area contributed by atoms with Crippen LogP contribution in [0.15, 0.2) is 17.6 Å². The molecule has 1 atom stereocenters. The largest absolute Gasteiger partial charge is 0.478 e. The van der Waals surface area contributed by atoms with Gasteiger partial charge in [-0.3, -0.25) is 0 Å². The van der Waals surface area contributed by atoms with Crippen LogP contribution < -0.4 is 0 Å². The topological polar surface area (TPSA) is 21.6 Å². The fourth-order valence-electron chi connectivity index (χ4n) is 0.765. The van der Waals surface area contributed by atoms with E-state index in [0.717, 1.165) is 13.0 Å². The van der Waals surface area contributed by atoms with Gasteiger partial charge in [-0.25, -0.2) is 4.99 Å². The molecule has 0 fully saturated rings. The van der Waals surface area contributed by atoms with Gasteiger partial charge in [-0.15, -0.1) is 0 Å². The van der Waals surface area contributed by atoms with Crippen LogP contribution in [0, 0.1) is 0 Å². The van der Waals surface area contributed by atoms with E-state index in [0.29, 0.717) is 11.9 Å². The lowest BCUT2D eigenvalue weighted by molar-refractivity contribution is 0.267. The maximum atomic E-state index is 5.13. The summed E-state index contributed by atoms with van der Waals surface area (Å²) in [5.41, 5.74) is 0. The third-order valence-electron chi connectivity index (χ3n) is 1.31. The van der Waals surface area contributed by atoms with Gasteiger partial charge in [-0.1, -0.05) is 6.58 Å². The van der Waals surface area contributed by atoms with E-state index >= 15 is 0 Å². The van der Waals surface area contributed by atoms with Crippen LogP contribution in [-0.4, -0.2) is 18.5 Å². The van der Waals surface area contributed by atoms with Gasteiger partial charge in [0.15, 0.2) is 0 Å². The van der Waals surface area contributed by atoms with Gasteiger partial charge >= 0.3 is 0 Å². The summed E-state index contributed by atoms with van der Waals surface area (Å²) in [6.45, 7) is 6.42. The number of aliphatic imine (C=N–C) groups is 1. The van der Waals surface area contributed by atoms with Crippen molar-refractivity contribution in [3.05, 3.63) is 12.7 Å². The Kier molecular flexibility index (Phi) is 1.88. The molecule has 9 heavy (non-hydrogen) atoms. The Hall–Kier alpha value is -0.790. The molecule has 0 amide bonds. The highest BCUT2D eigenvalue weighted by atomic mass is 16.5. The van der Waals surface area contributed by atoms with E-state index < -0.39 is 0 Å². The highest BCUT2D eigenvalue weighted by Gasteiger charge is 2.07. The Morgan fingerprint density at radius 2 is 2.67 bits per heavy atom. The molecule has 0 spiro atoms. The van der Waals surface area contributed by atoms with E-state index in [2.05, 4.69) is 18.5 Å².